The van der Waals surface area contributed by atoms with Gasteiger partial charge in [0, 0.05) is 11.3 Å². The van der Waals surface area contributed by atoms with Gasteiger partial charge in [-0.1, -0.05) is 35.9 Å². The first-order valence-electron chi connectivity index (χ1n) is 10.8. The maximum atomic E-state index is 13.7. The number of benzene rings is 3. The molecule has 1 aromatic heterocycles. The molecule has 3 N–H and O–H groups in total. The van der Waals surface area contributed by atoms with Gasteiger partial charge in [-0.3, -0.25) is 4.79 Å². The van der Waals surface area contributed by atoms with E-state index in [1.807, 2.05) is 32.0 Å². The number of carbonyl (C=O) groups is 1. The number of thiophene rings is 1. The maximum absolute atomic E-state index is 13.7. The van der Waals surface area contributed by atoms with Gasteiger partial charge in [0.05, 0.1) is 10.6 Å². The second-order valence-electron chi connectivity index (χ2n) is 8.16. The van der Waals surface area contributed by atoms with E-state index in [2.05, 4.69) is 5.32 Å². The van der Waals surface area contributed by atoms with Crippen LogP contribution in [0.25, 0.3) is 0 Å². The fourth-order valence-electron chi connectivity index (χ4n) is 3.91. The van der Waals surface area contributed by atoms with Gasteiger partial charge in [-0.15, -0.1) is 11.3 Å². The van der Waals surface area contributed by atoms with Crippen molar-refractivity contribution in [2.45, 2.75) is 23.6 Å². The normalized spacial score (nSPS) is 12.5. The molecule has 35 heavy (non-hydrogen) atoms. The molecule has 0 saturated heterocycles. The average Bonchev–Trinajstić information content (AvgIpc) is 3.44. The van der Waals surface area contributed by atoms with Crippen molar-refractivity contribution in [3.8, 4) is 11.5 Å². The minimum atomic E-state index is -4.02. The second kappa shape index (κ2) is 8.75. The van der Waals surface area contributed by atoms with Crippen molar-refractivity contribution in [2.24, 2.45) is 0 Å². The van der Waals surface area contributed by atoms with E-state index in [9.17, 15) is 13.2 Å². The fourth-order valence-corrected chi connectivity index (χ4v) is 6.86. The summed E-state index contributed by atoms with van der Waals surface area (Å²) in [6, 6.07) is 18.7. The third kappa shape index (κ3) is 4.13. The quantitative estimate of drug-likeness (QED) is 0.333. The van der Waals surface area contributed by atoms with E-state index in [0.717, 1.165) is 28.2 Å². The number of ketones is 1. The summed E-state index contributed by atoms with van der Waals surface area (Å²) in [5.74, 6) is 0.603. The van der Waals surface area contributed by atoms with Crippen LogP contribution in [0, 0.1) is 13.8 Å². The van der Waals surface area contributed by atoms with E-state index in [4.69, 9.17) is 15.2 Å². The highest BCUT2D eigenvalue weighted by molar-refractivity contribution is 7.92. The molecule has 5 rings (SSSR count). The molecule has 0 unspecified atom stereocenters. The second-order valence-corrected chi connectivity index (χ2v) is 11.1. The van der Waals surface area contributed by atoms with Crippen LogP contribution in [0.2, 0.25) is 0 Å². The molecule has 0 fully saturated rings. The lowest BCUT2D eigenvalue weighted by molar-refractivity contribution is 0.104. The number of carbonyl (C=O) groups excluding carboxylic acids is 1. The van der Waals surface area contributed by atoms with Crippen molar-refractivity contribution in [3.05, 3.63) is 88.3 Å². The van der Waals surface area contributed by atoms with Gasteiger partial charge in [-0.25, -0.2) is 8.42 Å². The highest BCUT2D eigenvalue weighted by atomic mass is 32.2. The molecule has 0 saturated carbocycles. The number of nitrogen functional groups attached to an aromatic ring is 1. The van der Waals surface area contributed by atoms with E-state index in [-0.39, 0.29) is 32.1 Å². The molecule has 0 radical (unpaired) electrons. The molecule has 0 amide bonds. The van der Waals surface area contributed by atoms with Crippen LogP contribution < -0.4 is 20.5 Å². The maximum Gasteiger partial charge on any atom is 0.231 e. The van der Waals surface area contributed by atoms with Crippen molar-refractivity contribution in [1.29, 1.82) is 0 Å². The fraction of sp³-hybridized carbons (Fsp3) is 0.115. The Morgan fingerprint density at radius 3 is 2.46 bits per heavy atom. The lowest BCUT2D eigenvalue weighted by Crippen LogP contribution is -2.08. The number of sulfone groups is 1. The Bertz CT molecular complexity index is 1560. The van der Waals surface area contributed by atoms with Gasteiger partial charge in [0.1, 0.15) is 14.8 Å². The van der Waals surface area contributed by atoms with E-state index in [1.165, 1.54) is 12.1 Å². The Balaban J connectivity index is 1.65. The van der Waals surface area contributed by atoms with Crippen molar-refractivity contribution >= 4 is 43.3 Å². The first-order valence-corrected chi connectivity index (χ1v) is 13.1. The van der Waals surface area contributed by atoms with Crippen LogP contribution in [-0.4, -0.2) is 21.0 Å². The topological polar surface area (TPSA) is 108 Å². The van der Waals surface area contributed by atoms with Crippen LogP contribution in [0.3, 0.4) is 0 Å². The Hall–Kier alpha value is -3.82. The van der Waals surface area contributed by atoms with Crippen molar-refractivity contribution in [3.63, 3.8) is 0 Å². The van der Waals surface area contributed by atoms with Gasteiger partial charge < -0.3 is 20.5 Å². The molecule has 1 aliphatic rings. The third-order valence-electron chi connectivity index (χ3n) is 5.69. The first kappa shape index (κ1) is 22.9. The zero-order chi connectivity index (χ0) is 24.7. The summed E-state index contributed by atoms with van der Waals surface area (Å²) in [4.78, 5) is 13.6. The van der Waals surface area contributed by atoms with E-state index < -0.39 is 15.6 Å². The molecular formula is C26H22N2O5S2. The van der Waals surface area contributed by atoms with Crippen LogP contribution >= 0.6 is 11.3 Å². The number of nitrogens with two attached hydrogens (primary N) is 1. The summed E-state index contributed by atoms with van der Waals surface area (Å²) in [7, 11) is -4.02. The largest absolute Gasteiger partial charge is 0.454 e. The number of fused-ring (bicyclic) bond motifs is 1. The number of nitrogens with one attached hydrogen (secondary N) is 1. The number of hydrogen-bond donors (Lipinski definition) is 2. The number of hydrogen-bond acceptors (Lipinski definition) is 8. The molecule has 0 atom stereocenters. The van der Waals surface area contributed by atoms with Crippen molar-refractivity contribution < 1.29 is 22.7 Å². The number of anilines is 3. The summed E-state index contributed by atoms with van der Waals surface area (Å²) in [5.41, 5.74) is 9.38. The molecule has 7 nitrogen and oxygen atoms in total. The minimum absolute atomic E-state index is 0.0809. The zero-order valence-corrected chi connectivity index (χ0v) is 20.6. The Morgan fingerprint density at radius 1 is 0.971 bits per heavy atom. The zero-order valence-electron chi connectivity index (χ0n) is 19.0. The third-order valence-corrected chi connectivity index (χ3v) is 8.80. The van der Waals surface area contributed by atoms with Crippen molar-refractivity contribution in [2.75, 3.05) is 17.8 Å². The summed E-state index contributed by atoms with van der Waals surface area (Å²) >= 11 is 1.01. The summed E-state index contributed by atoms with van der Waals surface area (Å²) in [5, 5.41) is 3.50. The highest BCUT2D eigenvalue weighted by Crippen LogP contribution is 2.45. The SMILES string of the molecule is Cc1ccc(Nc2sc(C(=O)c3ccc4c(c3)OCO4)c(N)c2S(=O)(=O)c2ccccc2)c(C)c1. The lowest BCUT2D eigenvalue weighted by atomic mass is 10.1. The number of aryl methyl sites for hydroxylation is 2. The van der Waals surface area contributed by atoms with Gasteiger partial charge >= 0.3 is 0 Å². The minimum Gasteiger partial charge on any atom is -0.454 e. The molecule has 2 heterocycles. The standard InChI is InChI=1S/C26H22N2O5S2/c1-15-8-10-19(16(2)12-15)28-26-25(35(30,31)18-6-4-3-5-7-18)22(27)24(34-26)23(29)17-9-11-20-21(13-17)33-14-32-20/h3-13,28H,14,27H2,1-2H3. The van der Waals surface area contributed by atoms with Gasteiger partial charge in [-0.2, -0.15) is 0 Å². The summed E-state index contributed by atoms with van der Waals surface area (Å²) in [6.07, 6.45) is 0. The predicted molar refractivity (Wildman–Crippen MR) is 136 cm³/mol. The molecule has 0 spiro atoms. The van der Waals surface area contributed by atoms with E-state index in [0.29, 0.717) is 17.1 Å². The van der Waals surface area contributed by atoms with Crippen LogP contribution in [-0.2, 0) is 9.84 Å². The van der Waals surface area contributed by atoms with Gasteiger partial charge in [0.15, 0.2) is 11.5 Å². The number of ether oxygens (including phenoxy) is 2. The molecule has 1 aliphatic heterocycles. The Kier molecular flexibility index (Phi) is 5.74. The van der Waals surface area contributed by atoms with E-state index >= 15 is 0 Å². The highest BCUT2D eigenvalue weighted by Gasteiger charge is 2.32. The Labute approximate surface area is 207 Å². The molecular weight excluding hydrogens is 484 g/mol. The molecule has 4 aromatic rings. The van der Waals surface area contributed by atoms with Crippen LogP contribution in [0.1, 0.15) is 26.4 Å². The predicted octanol–water partition coefficient (Wildman–Crippen LogP) is 5.48. The Morgan fingerprint density at radius 2 is 1.71 bits per heavy atom. The first-order chi connectivity index (χ1) is 16.8. The molecule has 3 aromatic carbocycles. The smallest absolute Gasteiger partial charge is 0.231 e. The average molecular weight is 507 g/mol. The number of rotatable bonds is 6. The van der Waals surface area contributed by atoms with Crippen molar-refractivity contribution in [1.82, 2.24) is 0 Å². The van der Waals surface area contributed by atoms with E-state index in [1.54, 1.807) is 36.4 Å². The van der Waals surface area contributed by atoms with Crippen LogP contribution in [0.5, 0.6) is 11.5 Å². The summed E-state index contributed by atoms with van der Waals surface area (Å²) < 4.78 is 38.0. The molecule has 178 valence electrons. The van der Waals surface area contributed by atoms with Gasteiger partial charge in [0.25, 0.3) is 0 Å². The van der Waals surface area contributed by atoms with Gasteiger partial charge in [-0.05, 0) is 55.8 Å². The van der Waals surface area contributed by atoms with Crippen LogP contribution in [0.4, 0.5) is 16.4 Å². The monoisotopic (exact) mass is 506 g/mol. The van der Waals surface area contributed by atoms with Gasteiger partial charge in [0.2, 0.25) is 22.4 Å². The molecule has 0 bridgehead atoms. The summed E-state index contributed by atoms with van der Waals surface area (Å²) in [6.45, 7) is 3.99. The lowest BCUT2D eigenvalue weighted by Gasteiger charge is -2.12. The molecule has 9 heteroatoms. The molecule has 0 aliphatic carbocycles. The van der Waals surface area contributed by atoms with Crippen LogP contribution in [0.15, 0.2) is 76.5 Å².